The van der Waals surface area contributed by atoms with Crippen LogP contribution in [0.15, 0.2) is 60.1 Å². The summed E-state index contributed by atoms with van der Waals surface area (Å²) in [4.78, 5) is 21.1. The van der Waals surface area contributed by atoms with E-state index in [1.807, 2.05) is 12.1 Å². The molecule has 0 aliphatic rings. The Labute approximate surface area is 151 Å². The molecule has 4 nitrogen and oxygen atoms in total. The van der Waals surface area contributed by atoms with Crippen LogP contribution < -0.4 is 5.32 Å². The van der Waals surface area contributed by atoms with E-state index in [1.165, 1.54) is 17.4 Å². The normalized spacial score (nSPS) is 10.8. The molecule has 0 unspecified atom stereocenters. The van der Waals surface area contributed by atoms with Crippen molar-refractivity contribution in [1.29, 1.82) is 0 Å². The monoisotopic (exact) mass is 367 g/mol. The minimum atomic E-state index is -0.940. The number of rotatable bonds is 3. The fourth-order valence-corrected chi connectivity index (χ4v) is 3.30. The highest BCUT2D eigenvalue weighted by Crippen LogP contribution is 2.27. The molecule has 4 rings (SSSR count). The van der Waals surface area contributed by atoms with Crippen molar-refractivity contribution in [2.45, 2.75) is 0 Å². The standard InChI is InChI=1S/C19H11F2N3OS/c20-14-7-6-11(9-15(14)21)17-10-26-19(23-17)24-18(25)13-3-1-5-16-12(13)4-2-8-22-16/h1-10H,(H,23,24,25). The third kappa shape index (κ3) is 3.04. The van der Waals surface area contributed by atoms with Gasteiger partial charge in [-0.2, -0.15) is 0 Å². The van der Waals surface area contributed by atoms with E-state index in [9.17, 15) is 13.6 Å². The van der Waals surface area contributed by atoms with Gasteiger partial charge in [0, 0.05) is 28.1 Å². The molecule has 2 heterocycles. The van der Waals surface area contributed by atoms with E-state index in [0.717, 1.165) is 23.0 Å². The van der Waals surface area contributed by atoms with Crippen molar-refractivity contribution in [3.05, 3.63) is 77.3 Å². The van der Waals surface area contributed by atoms with Crippen molar-refractivity contribution in [3.63, 3.8) is 0 Å². The molecular weight excluding hydrogens is 356 g/mol. The average molecular weight is 367 g/mol. The summed E-state index contributed by atoms with van der Waals surface area (Å²) in [5.74, 6) is -2.17. The smallest absolute Gasteiger partial charge is 0.258 e. The zero-order valence-electron chi connectivity index (χ0n) is 13.2. The number of fused-ring (bicyclic) bond motifs is 1. The Balaban J connectivity index is 1.60. The number of pyridine rings is 1. The Morgan fingerprint density at radius 1 is 1.04 bits per heavy atom. The molecule has 0 aliphatic heterocycles. The highest BCUT2D eigenvalue weighted by Gasteiger charge is 2.13. The number of hydrogen-bond donors (Lipinski definition) is 1. The number of hydrogen-bond acceptors (Lipinski definition) is 4. The van der Waals surface area contributed by atoms with Gasteiger partial charge in [-0.3, -0.25) is 15.1 Å². The van der Waals surface area contributed by atoms with Gasteiger partial charge in [0.1, 0.15) is 0 Å². The molecule has 0 aliphatic carbocycles. The predicted molar refractivity (Wildman–Crippen MR) is 97.2 cm³/mol. The Kier molecular flexibility index (Phi) is 4.14. The van der Waals surface area contributed by atoms with Crippen molar-refractivity contribution in [2.24, 2.45) is 0 Å². The lowest BCUT2D eigenvalue weighted by molar-refractivity contribution is 0.102. The number of aromatic nitrogens is 2. The second-order valence-corrected chi connectivity index (χ2v) is 6.35. The van der Waals surface area contributed by atoms with Crippen LogP contribution >= 0.6 is 11.3 Å². The molecule has 128 valence electrons. The van der Waals surface area contributed by atoms with Gasteiger partial charge in [0.05, 0.1) is 11.2 Å². The van der Waals surface area contributed by atoms with Crippen molar-refractivity contribution in [1.82, 2.24) is 9.97 Å². The highest BCUT2D eigenvalue weighted by atomic mass is 32.1. The van der Waals surface area contributed by atoms with Gasteiger partial charge >= 0.3 is 0 Å². The quantitative estimate of drug-likeness (QED) is 0.561. The molecular formula is C19H11F2N3OS. The minimum absolute atomic E-state index is 0.310. The first-order valence-corrected chi connectivity index (χ1v) is 8.56. The van der Waals surface area contributed by atoms with E-state index >= 15 is 0 Å². The van der Waals surface area contributed by atoms with Gasteiger partial charge in [-0.05, 0) is 36.4 Å². The van der Waals surface area contributed by atoms with E-state index < -0.39 is 11.6 Å². The van der Waals surface area contributed by atoms with Crippen molar-refractivity contribution in [3.8, 4) is 11.3 Å². The summed E-state index contributed by atoms with van der Waals surface area (Å²) in [7, 11) is 0. The summed E-state index contributed by atoms with van der Waals surface area (Å²) >= 11 is 1.21. The van der Waals surface area contributed by atoms with Gasteiger partial charge in [0.2, 0.25) is 0 Å². The zero-order valence-corrected chi connectivity index (χ0v) is 14.1. The first-order valence-electron chi connectivity index (χ1n) is 7.68. The Morgan fingerprint density at radius 2 is 1.92 bits per heavy atom. The molecule has 1 amide bonds. The second-order valence-electron chi connectivity index (χ2n) is 5.50. The molecule has 7 heteroatoms. The predicted octanol–water partition coefficient (Wildman–Crippen LogP) is 4.89. The van der Waals surface area contributed by atoms with Gasteiger partial charge in [-0.25, -0.2) is 13.8 Å². The van der Waals surface area contributed by atoms with Crippen LogP contribution in [0.4, 0.5) is 13.9 Å². The number of halogens is 2. The van der Waals surface area contributed by atoms with Crippen LogP contribution in [0.3, 0.4) is 0 Å². The summed E-state index contributed by atoms with van der Waals surface area (Å²) in [5, 5.41) is 5.52. The van der Waals surface area contributed by atoms with Gasteiger partial charge in [-0.1, -0.05) is 12.1 Å². The fourth-order valence-electron chi connectivity index (χ4n) is 2.58. The van der Waals surface area contributed by atoms with Gasteiger partial charge in [-0.15, -0.1) is 11.3 Å². The van der Waals surface area contributed by atoms with E-state index in [2.05, 4.69) is 15.3 Å². The van der Waals surface area contributed by atoms with Crippen molar-refractivity contribution in [2.75, 3.05) is 5.32 Å². The zero-order chi connectivity index (χ0) is 18.1. The summed E-state index contributed by atoms with van der Waals surface area (Å²) in [6.45, 7) is 0. The third-order valence-corrected chi connectivity index (χ3v) is 4.59. The van der Waals surface area contributed by atoms with Crippen LogP contribution in [0.25, 0.3) is 22.2 Å². The molecule has 1 N–H and O–H groups in total. The van der Waals surface area contributed by atoms with Gasteiger partial charge in [0.15, 0.2) is 16.8 Å². The second kappa shape index (κ2) is 6.61. The van der Waals surface area contributed by atoms with Gasteiger partial charge in [0.25, 0.3) is 5.91 Å². The summed E-state index contributed by atoms with van der Waals surface area (Å²) in [6, 6.07) is 12.5. The number of carbonyl (C=O) groups is 1. The van der Waals surface area contributed by atoms with E-state index in [0.29, 0.717) is 22.0 Å². The molecule has 0 spiro atoms. The maximum Gasteiger partial charge on any atom is 0.258 e. The average Bonchev–Trinajstić information content (AvgIpc) is 3.12. The lowest BCUT2D eigenvalue weighted by Crippen LogP contribution is -2.12. The van der Waals surface area contributed by atoms with Crippen LogP contribution in [-0.4, -0.2) is 15.9 Å². The lowest BCUT2D eigenvalue weighted by Gasteiger charge is -2.05. The highest BCUT2D eigenvalue weighted by molar-refractivity contribution is 7.14. The Hall–Kier alpha value is -3.19. The third-order valence-electron chi connectivity index (χ3n) is 3.83. The van der Waals surface area contributed by atoms with Crippen molar-refractivity contribution < 1.29 is 13.6 Å². The number of anilines is 1. The molecule has 2 aromatic heterocycles. The van der Waals surface area contributed by atoms with Crippen LogP contribution in [-0.2, 0) is 0 Å². The first kappa shape index (κ1) is 16.3. The SMILES string of the molecule is O=C(Nc1nc(-c2ccc(F)c(F)c2)cs1)c1cccc2ncccc12. The number of nitrogens with zero attached hydrogens (tertiary/aromatic N) is 2. The summed E-state index contributed by atoms with van der Waals surface area (Å²) in [6.07, 6.45) is 1.67. The molecule has 0 bridgehead atoms. The van der Waals surface area contributed by atoms with Gasteiger partial charge < -0.3 is 0 Å². The molecule has 0 saturated heterocycles. The number of carbonyl (C=O) groups excluding carboxylic acids is 1. The summed E-state index contributed by atoms with van der Waals surface area (Å²) < 4.78 is 26.4. The number of amides is 1. The molecule has 26 heavy (non-hydrogen) atoms. The van der Waals surface area contributed by atoms with Crippen LogP contribution in [0.1, 0.15) is 10.4 Å². The topological polar surface area (TPSA) is 54.9 Å². The Bertz CT molecular complexity index is 1120. The molecule has 0 fully saturated rings. The molecule has 4 aromatic rings. The number of thiazole rings is 1. The largest absolute Gasteiger partial charge is 0.298 e. The summed E-state index contributed by atoms with van der Waals surface area (Å²) in [5.41, 5.74) is 2.11. The Morgan fingerprint density at radius 3 is 2.77 bits per heavy atom. The maximum absolute atomic E-state index is 13.4. The van der Waals surface area contributed by atoms with E-state index in [4.69, 9.17) is 0 Å². The van der Waals surface area contributed by atoms with Crippen LogP contribution in [0.5, 0.6) is 0 Å². The molecule has 0 saturated carbocycles. The molecule has 0 radical (unpaired) electrons. The number of benzene rings is 2. The number of nitrogens with one attached hydrogen (secondary N) is 1. The molecule has 0 atom stereocenters. The lowest BCUT2D eigenvalue weighted by atomic mass is 10.1. The van der Waals surface area contributed by atoms with Crippen LogP contribution in [0, 0.1) is 11.6 Å². The van der Waals surface area contributed by atoms with Crippen LogP contribution in [0.2, 0.25) is 0 Å². The first-order chi connectivity index (χ1) is 12.6. The minimum Gasteiger partial charge on any atom is -0.298 e. The van der Waals surface area contributed by atoms with Crippen molar-refractivity contribution >= 4 is 33.3 Å². The molecule has 2 aromatic carbocycles. The maximum atomic E-state index is 13.4. The fraction of sp³-hybridized carbons (Fsp3) is 0. The van der Waals surface area contributed by atoms with E-state index in [-0.39, 0.29) is 5.91 Å². The van der Waals surface area contributed by atoms with E-state index in [1.54, 1.807) is 29.8 Å².